The van der Waals surface area contributed by atoms with E-state index in [9.17, 15) is 4.79 Å². The Bertz CT molecular complexity index is 890. The van der Waals surface area contributed by atoms with Crippen LogP contribution in [0.1, 0.15) is 32.8 Å². The predicted molar refractivity (Wildman–Crippen MR) is 109 cm³/mol. The number of benzene rings is 2. The van der Waals surface area contributed by atoms with E-state index < -0.39 is 0 Å². The maximum absolute atomic E-state index is 12.3. The van der Waals surface area contributed by atoms with Gasteiger partial charge in [0.05, 0.1) is 11.2 Å². The lowest BCUT2D eigenvalue weighted by atomic mass is 9.87. The van der Waals surface area contributed by atoms with Crippen molar-refractivity contribution in [3.05, 3.63) is 66.4 Å². The van der Waals surface area contributed by atoms with Gasteiger partial charge in [-0.1, -0.05) is 51.1 Å². The SMILES string of the molecule is CC(C)(C)c1ccc(NCCC(=O)Nc2cccc3cccnc23)cc1. The molecule has 1 aromatic heterocycles. The Hall–Kier alpha value is -2.88. The molecule has 26 heavy (non-hydrogen) atoms. The summed E-state index contributed by atoms with van der Waals surface area (Å²) in [5.74, 6) is -0.0260. The van der Waals surface area contributed by atoms with Gasteiger partial charge in [-0.25, -0.2) is 0 Å². The largest absolute Gasteiger partial charge is 0.385 e. The minimum Gasteiger partial charge on any atom is -0.385 e. The van der Waals surface area contributed by atoms with E-state index in [2.05, 4.69) is 60.7 Å². The minimum atomic E-state index is -0.0260. The molecule has 134 valence electrons. The predicted octanol–water partition coefficient (Wildman–Crippen LogP) is 4.97. The number of hydrogen-bond acceptors (Lipinski definition) is 3. The molecule has 0 unspecified atom stereocenters. The van der Waals surface area contributed by atoms with Gasteiger partial charge in [-0.2, -0.15) is 0 Å². The second-order valence-corrected chi connectivity index (χ2v) is 7.43. The number of carbonyl (C=O) groups is 1. The maximum atomic E-state index is 12.3. The van der Waals surface area contributed by atoms with E-state index in [1.807, 2.05) is 30.3 Å². The highest BCUT2D eigenvalue weighted by Crippen LogP contribution is 2.23. The van der Waals surface area contributed by atoms with Gasteiger partial charge in [0.2, 0.25) is 5.91 Å². The third-order valence-electron chi connectivity index (χ3n) is 4.34. The Morgan fingerprint density at radius 2 is 1.73 bits per heavy atom. The highest BCUT2D eigenvalue weighted by Gasteiger charge is 2.12. The van der Waals surface area contributed by atoms with Gasteiger partial charge in [0, 0.05) is 30.2 Å². The maximum Gasteiger partial charge on any atom is 0.226 e. The van der Waals surface area contributed by atoms with Crippen molar-refractivity contribution in [1.29, 1.82) is 0 Å². The zero-order chi connectivity index (χ0) is 18.6. The van der Waals surface area contributed by atoms with Crippen LogP contribution < -0.4 is 10.6 Å². The summed E-state index contributed by atoms with van der Waals surface area (Å²) in [7, 11) is 0. The van der Waals surface area contributed by atoms with Gasteiger partial charge >= 0.3 is 0 Å². The van der Waals surface area contributed by atoms with Crippen molar-refractivity contribution >= 4 is 28.2 Å². The number of carbonyl (C=O) groups excluding carboxylic acids is 1. The van der Waals surface area contributed by atoms with Crippen LogP contribution in [0.25, 0.3) is 10.9 Å². The number of rotatable bonds is 5. The molecule has 0 bridgehead atoms. The summed E-state index contributed by atoms with van der Waals surface area (Å²) in [6.45, 7) is 7.17. The molecule has 0 aliphatic heterocycles. The van der Waals surface area contributed by atoms with E-state index in [1.54, 1.807) is 6.20 Å². The lowest BCUT2D eigenvalue weighted by Crippen LogP contribution is -2.16. The van der Waals surface area contributed by atoms with Crippen molar-refractivity contribution in [2.24, 2.45) is 0 Å². The Kier molecular flexibility index (Phi) is 5.21. The lowest BCUT2D eigenvalue weighted by Gasteiger charge is -2.19. The molecule has 3 aromatic rings. The zero-order valence-electron chi connectivity index (χ0n) is 15.5. The summed E-state index contributed by atoms with van der Waals surface area (Å²) in [5, 5.41) is 7.28. The van der Waals surface area contributed by atoms with Gasteiger partial charge in [0.25, 0.3) is 0 Å². The number of hydrogen-bond donors (Lipinski definition) is 2. The summed E-state index contributed by atoms with van der Waals surface area (Å²) in [6.07, 6.45) is 2.13. The molecule has 4 nitrogen and oxygen atoms in total. The summed E-state index contributed by atoms with van der Waals surface area (Å²) in [5.41, 5.74) is 4.03. The van der Waals surface area contributed by atoms with Crippen LogP contribution >= 0.6 is 0 Å². The van der Waals surface area contributed by atoms with Crippen molar-refractivity contribution < 1.29 is 4.79 Å². The lowest BCUT2D eigenvalue weighted by molar-refractivity contribution is -0.115. The summed E-state index contributed by atoms with van der Waals surface area (Å²) in [6, 6.07) is 18.1. The number of nitrogens with one attached hydrogen (secondary N) is 2. The van der Waals surface area contributed by atoms with Crippen molar-refractivity contribution in [3.8, 4) is 0 Å². The standard InChI is InChI=1S/C22H25N3O/c1-22(2,3)17-9-11-18(12-10-17)23-15-13-20(26)25-19-8-4-6-16-7-5-14-24-21(16)19/h4-12,14,23H,13,15H2,1-3H3,(H,25,26). The molecule has 0 aliphatic rings. The highest BCUT2D eigenvalue weighted by molar-refractivity contribution is 6.00. The molecule has 4 heteroatoms. The third-order valence-corrected chi connectivity index (χ3v) is 4.34. The highest BCUT2D eigenvalue weighted by atomic mass is 16.1. The van der Waals surface area contributed by atoms with E-state index >= 15 is 0 Å². The fourth-order valence-electron chi connectivity index (χ4n) is 2.83. The van der Waals surface area contributed by atoms with Crippen molar-refractivity contribution in [3.63, 3.8) is 0 Å². The number of amides is 1. The molecule has 0 atom stereocenters. The van der Waals surface area contributed by atoms with E-state index in [4.69, 9.17) is 0 Å². The Labute approximate surface area is 154 Å². The van der Waals surface area contributed by atoms with Crippen LogP contribution in [-0.4, -0.2) is 17.4 Å². The van der Waals surface area contributed by atoms with Crippen LogP contribution in [0, 0.1) is 0 Å². The van der Waals surface area contributed by atoms with E-state index in [-0.39, 0.29) is 11.3 Å². The number of para-hydroxylation sites is 1. The second-order valence-electron chi connectivity index (χ2n) is 7.43. The van der Waals surface area contributed by atoms with Crippen LogP contribution in [0.15, 0.2) is 60.8 Å². The van der Waals surface area contributed by atoms with Crippen LogP contribution in [-0.2, 0) is 10.2 Å². The average Bonchev–Trinajstić information content (AvgIpc) is 2.62. The first-order valence-electron chi connectivity index (χ1n) is 8.91. The fraction of sp³-hybridized carbons (Fsp3) is 0.273. The van der Waals surface area contributed by atoms with Gasteiger partial charge in [-0.15, -0.1) is 0 Å². The number of pyridine rings is 1. The van der Waals surface area contributed by atoms with Crippen LogP contribution in [0.4, 0.5) is 11.4 Å². The molecule has 0 spiro atoms. The first-order chi connectivity index (χ1) is 12.4. The van der Waals surface area contributed by atoms with E-state index in [1.165, 1.54) is 5.56 Å². The Morgan fingerprint density at radius 1 is 1.00 bits per heavy atom. The van der Waals surface area contributed by atoms with Gasteiger partial charge in [-0.3, -0.25) is 9.78 Å². The Balaban J connectivity index is 1.54. The fourth-order valence-corrected chi connectivity index (χ4v) is 2.83. The van der Waals surface area contributed by atoms with Gasteiger partial charge in [-0.05, 0) is 35.2 Å². The first-order valence-corrected chi connectivity index (χ1v) is 8.91. The van der Waals surface area contributed by atoms with Crippen molar-refractivity contribution in [2.45, 2.75) is 32.6 Å². The molecule has 0 saturated carbocycles. The van der Waals surface area contributed by atoms with Gasteiger partial charge in [0.1, 0.15) is 0 Å². The third kappa shape index (κ3) is 4.39. The number of anilines is 2. The summed E-state index contributed by atoms with van der Waals surface area (Å²) < 4.78 is 0. The molecule has 2 aromatic carbocycles. The summed E-state index contributed by atoms with van der Waals surface area (Å²) in [4.78, 5) is 16.6. The molecule has 2 N–H and O–H groups in total. The zero-order valence-corrected chi connectivity index (χ0v) is 15.5. The molecular weight excluding hydrogens is 322 g/mol. The number of aromatic nitrogens is 1. The van der Waals surface area contributed by atoms with Crippen LogP contribution in [0.5, 0.6) is 0 Å². The Morgan fingerprint density at radius 3 is 2.46 bits per heavy atom. The van der Waals surface area contributed by atoms with Gasteiger partial charge < -0.3 is 10.6 Å². The number of nitrogens with zero attached hydrogens (tertiary/aromatic N) is 1. The average molecular weight is 347 g/mol. The molecule has 3 rings (SSSR count). The monoisotopic (exact) mass is 347 g/mol. The summed E-state index contributed by atoms with van der Waals surface area (Å²) >= 11 is 0. The van der Waals surface area contributed by atoms with E-state index in [0.29, 0.717) is 13.0 Å². The topological polar surface area (TPSA) is 54.0 Å². The molecule has 0 fully saturated rings. The minimum absolute atomic E-state index is 0.0260. The molecule has 1 amide bonds. The molecule has 0 aliphatic carbocycles. The molecule has 0 saturated heterocycles. The smallest absolute Gasteiger partial charge is 0.226 e. The normalized spacial score (nSPS) is 11.3. The molecule has 1 heterocycles. The van der Waals surface area contributed by atoms with Crippen LogP contribution in [0.2, 0.25) is 0 Å². The quantitative estimate of drug-likeness (QED) is 0.685. The second kappa shape index (κ2) is 7.56. The first kappa shape index (κ1) is 17.9. The molecular formula is C22H25N3O. The van der Waals surface area contributed by atoms with E-state index in [0.717, 1.165) is 22.3 Å². The molecule has 0 radical (unpaired) electrons. The van der Waals surface area contributed by atoms with Crippen LogP contribution in [0.3, 0.4) is 0 Å². The van der Waals surface area contributed by atoms with Gasteiger partial charge in [0.15, 0.2) is 0 Å². The van der Waals surface area contributed by atoms with Crippen molar-refractivity contribution in [1.82, 2.24) is 4.98 Å². The number of fused-ring (bicyclic) bond motifs is 1. The van der Waals surface area contributed by atoms with Crippen molar-refractivity contribution in [2.75, 3.05) is 17.2 Å².